The fourth-order valence-electron chi connectivity index (χ4n) is 3.55. The van der Waals surface area contributed by atoms with Crippen LogP contribution in [-0.4, -0.2) is 11.3 Å². The summed E-state index contributed by atoms with van der Waals surface area (Å²) in [6.45, 7) is 9.48. The molecule has 1 aliphatic rings. The number of anilines is 1. The van der Waals surface area contributed by atoms with E-state index in [0.717, 1.165) is 5.69 Å². The van der Waals surface area contributed by atoms with Crippen molar-refractivity contribution in [3.8, 4) is 0 Å². The highest BCUT2D eigenvalue weighted by atomic mass is 15.1. The summed E-state index contributed by atoms with van der Waals surface area (Å²) in [6.07, 6.45) is 2.13. The Morgan fingerprint density at radius 3 is 2.53 bits per heavy atom. The Balaban J connectivity index is 2.35. The quantitative estimate of drug-likeness (QED) is 0.775. The minimum Gasteiger partial charge on any atom is -0.398 e. The van der Waals surface area contributed by atoms with Gasteiger partial charge in [0.05, 0.1) is 5.54 Å². The smallest absolute Gasteiger partial charge is 0.236 e. The van der Waals surface area contributed by atoms with Crippen molar-refractivity contribution in [3.63, 3.8) is 0 Å². The van der Waals surface area contributed by atoms with Gasteiger partial charge in [-0.3, -0.25) is 0 Å². The van der Waals surface area contributed by atoms with Crippen molar-refractivity contribution in [2.45, 2.75) is 39.1 Å². The zero-order valence-electron chi connectivity index (χ0n) is 12.1. The molecule has 1 aromatic heterocycles. The minimum atomic E-state index is -0.0328. The number of nitrogens with two attached hydrogens (primary N) is 1. The normalized spacial score (nSPS) is 16.4. The predicted molar refractivity (Wildman–Crippen MR) is 83.8 cm³/mol. The highest BCUT2D eigenvalue weighted by Gasteiger charge is 2.40. The van der Waals surface area contributed by atoms with Crippen LogP contribution in [0, 0.1) is 0 Å². The summed E-state index contributed by atoms with van der Waals surface area (Å²) in [6, 6.07) is 10.8. The Bertz CT molecular complexity index is 625. The number of hydrogen-bond donors (Lipinski definition) is 1. The lowest BCUT2D eigenvalue weighted by atomic mass is 9.33. The molecule has 0 spiro atoms. The van der Waals surface area contributed by atoms with E-state index in [2.05, 4.69) is 62.7 Å². The molecule has 3 heteroatoms. The lowest BCUT2D eigenvalue weighted by Gasteiger charge is -2.40. The second-order valence-corrected chi connectivity index (χ2v) is 6.39. The molecule has 0 unspecified atom stereocenters. The first-order chi connectivity index (χ1) is 8.94. The van der Waals surface area contributed by atoms with E-state index in [0.29, 0.717) is 12.5 Å². The van der Waals surface area contributed by atoms with Gasteiger partial charge >= 0.3 is 0 Å². The van der Waals surface area contributed by atoms with Crippen molar-refractivity contribution >= 4 is 23.5 Å². The molecule has 2 heterocycles. The molecule has 0 atom stereocenters. The van der Waals surface area contributed by atoms with Crippen LogP contribution in [0.3, 0.4) is 0 Å². The summed E-state index contributed by atoms with van der Waals surface area (Å²) in [7, 11) is 0. The van der Waals surface area contributed by atoms with Crippen LogP contribution >= 0.6 is 0 Å². The Hall–Kier alpha value is -1.64. The lowest BCUT2D eigenvalue weighted by Crippen LogP contribution is -2.59. The van der Waals surface area contributed by atoms with Crippen LogP contribution < -0.4 is 16.8 Å². The number of hydrogen-bond acceptors (Lipinski definition) is 1. The molecule has 0 saturated heterocycles. The molecule has 0 radical (unpaired) electrons. The molecule has 0 amide bonds. The van der Waals surface area contributed by atoms with Crippen molar-refractivity contribution < 1.29 is 0 Å². The van der Waals surface area contributed by atoms with Crippen LogP contribution in [0.4, 0.5) is 5.69 Å². The number of fused-ring (bicyclic) bond motifs is 2. The van der Waals surface area contributed by atoms with E-state index in [-0.39, 0.29) is 5.54 Å². The molecule has 2 aromatic rings. The number of nitrogen functional groups attached to an aromatic ring is 1. The zero-order valence-corrected chi connectivity index (χ0v) is 12.1. The maximum atomic E-state index is 6.25. The average Bonchev–Trinajstić information content (AvgIpc) is 2.73. The molecule has 0 fully saturated rings. The summed E-state index contributed by atoms with van der Waals surface area (Å²) in [5.74, 6) is 0.535. The molecule has 1 aromatic carbocycles. The van der Waals surface area contributed by atoms with E-state index in [4.69, 9.17) is 5.73 Å². The first-order valence-electron chi connectivity index (χ1n) is 7.01. The molecule has 0 aliphatic carbocycles. The third-order valence-electron chi connectivity index (χ3n) is 4.48. The summed E-state index contributed by atoms with van der Waals surface area (Å²) in [4.78, 5) is 0. The third kappa shape index (κ3) is 1.57. The van der Waals surface area contributed by atoms with Crippen molar-refractivity contribution in [3.05, 3.63) is 42.1 Å². The molecule has 3 rings (SSSR count). The Morgan fingerprint density at radius 2 is 1.84 bits per heavy atom. The molecule has 2 nitrogen and oxygen atoms in total. The summed E-state index contributed by atoms with van der Waals surface area (Å²) in [5, 5.41) is 0. The standard InChI is InChI=1S/C16H21BN2/c1-11(2)17-13-8-6-5-7-12(13)16(3,4)19-10-9-14(18)15(17)19/h5-11H,18H2,1-4H3. The summed E-state index contributed by atoms with van der Waals surface area (Å²) in [5.41, 5.74) is 11.3. The third-order valence-corrected chi connectivity index (χ3v) is 4.48. The van der Waals surface area contributed by atoms with Gasteiger partial charge in [-0.15, -0.1) is 0 Å². The first-order valence-corrected chi connectivity index (χ1v) is 7.01. The van der Waals surface area contributed by atoms with E-state index < -0.39 is 0 Å². The van der Waals surface area contributed by atoms with Crippen molar-refractivity contribution in [2.75, 3.05) is 5.73 Å². The second kappa shape index (κ2) is 3.93. The van der Waals surface area contributed by atoms with Crippen LogP contribution in [0.15, 0.2) is 36.5 Å². The molecule has 1 aliphatic heterocycles. The van der Waals surface area contributed by atoms with Gasteiger partial charge in [-0.05, 0) is 25.5 Å². The average molecular weight is 252 g/mol. The van der Waals surface area contributed by atoms with Gasteiger partial charge in [-0.2, -0.15) is 0 Å². The Labute approximate surface area is 115 Å². The number of aromatic nitrogens is 1. The lowest BCUT2D eigenvalue weighted by molar-refractivity contribution is 0.445. The van der Waals surface area contributed by atoms with Crippen molar-refractivity contribution in [1.29, 1.82) is 0 Å². The van der Waals surface area contributed by atoms with Crippen LogP contribution in [0.2, 0.25) is 5.82 Å². The van der Waals surface area contributed by atoms with Crippen LogP contribution in [0.5, 0.6) is 0 Å². The topological polar surface area (TPSA) is 30.9 Å². The van der Waals surface area contributed by atoms with Gasteiger partial charge in [0.2, 0.25) is 6.71 Å². The van der Waals surface area contributed by atoms with Gasteiger partial charge in [-0.1, -0.05) is 49.4 Å². The predicted octanol–water partition coefficient (Wildman–Crippen LogP) is 2.19. The fourth-order valence-corrected chi connectivity index (χ4v) is 3.55. The highest BCUT2D eigenvalue weighted by molar-refractivity contribution is 6.87. The number of nitrogens with zero attached hydrogens (tertiary/aromatic N) is 1. The first kappa shape index (κ1) is 12.4. The Morgan fingerprint density at radius 1 is 1.16 bits per heavy atom. The van der Waals surface area contributed by atoms with Crippen LogP contribution in [0.25, 0.3) is 0 Å². The highest BCUT2D eigenvalue weighted by Crippen LogP contribution is 2.31. The minimum absolute atomic E-state index is 0.0328. The SMILES string of the molecule is CC(C)B1c2ccccc2C(C)(C)n2ccc(N)c21. The zero-order chi connectivity index (χ0) is 13.8. The van der Waals surface area contributed by atoms with Gasteiger partial charge in [0, 0.05) is 17.5 Å². The van der Waals surface area contributed by atoms with Crippen LogP contribution in [-0.2, 0) is 5.54 Å². The van der Waals surface area contributed by atoms with E-state index in [1.165, 1.54) is 16.6 Å². The molecule has 19 heavy (non-hydrogen) atoms. The van der Waals surface area contributed by atoms with Gasteiger partial charge < -0.3 is 10.3 Å². The molecule has 0 saturated carbocycles. The monoisotopic (exact) mass is 252 g/mol. The van der Waals surface area contributed by atoms with Gasteiger partial charge in [-0.25, -0.2) is 0 Å². The van der Waals surface area contributed by atoms with Crippen molar-refractivity contribution in [1.82, 2.24) is 4.57 Å². The van der Waals surface area contributed by atoms with E-state index in [9.17, 15) is 0 Å². The van der Waals surface area contributed by atoms with Gasteiger partial charge in [0.1, 0.15) is 0 Å². The van der Waals surface area contributed by atoms with Crippen molar-refractivity contribution in [2.24, 2.45) is 0 Å². The van der Waals surface area contributed by atoms with Gasteiger partial charge in [0.25, 0.3) is 0 Å². The van der Waals surface area contributed by atoms with Gasteiger partial charge in [0.15, 0.2) is 0 Å². The van der Waals surface area contributed by atoms with E-state index >= 15 is 0 Å². The molecule has 2 N–H and O–H groups in total. The summed E-state index contributed by atoms with van der Waals surface area (Å²) < 4.78 is 2.36. The second-order valence-electron chi connectivity index (χ2n) is 6.39. The molecular weight excluding hydrogens is 231 g/mol. The maximum absolute atomic E-state index is 6.25. The van der Waals surface area contributed by atoms with Crippen LogP contribution in [0.1, 0.15) is 33.3 Å². The fraction of sp³-hybridized carbons (Fsp3) is 0.375. The van der Waals surface area contributed by atoms with E-state index in [1.807, 2.05) is 6.07 Å². The Kier molecular flexibility index (Phi) is 2.56. The number of benzene rings is 1. The molecule has 0 bridgehead atoms. The number of rotatable bonds is 1. The molecule has 98 valence electrons. The maximum Gasteiger partial charge on any atom is 0.236 e. The van der Waals surface area contributed by atoms with E-state index in [1.54, 1.807) is 0 Å². The molecular formula is C16H21BN2. The summed E-state index contributed by atoms with van der Waals surface area (Å²) >= 11 is 0. The largest absolute Gasteiger partial charge is 0.398 e.